The topological polar surface area (TPSA) is 119 Å². The molecule has 3 N–H and O–H groups in total. The Bertz CT molecular complexity index is 727. The van der Waals surface area contributed by atoms with Gasteiger partial charge in [0.15, 0.2) is 0 Å². The predicted molar refractivity (Wildman–Crippen MR) is 108 cm³/mol. The normalized spacial score (nSPS) is 16.8. The van der Waals surface area contributed by atoms with Crippen LogP contribution in [0.1, 0.15) is 51.0 Å². The van der Waals surface area contributed by atoms with E-state index in [1.165, 1.54) is 4.90 Å². The van der Waals surface area contributed by atoms with Gasteiger partial charge in [-0.15, -0.1) is 0 Å². The van der Waals surface area contributed by atoms with E-state index in [2.05, 4.69) is 10.9 Å². The Morgan fingerprint density at radius 2 is 2.00 bits per heavy atom. The van der Waals surface area contributed by atoms with Gasteiger partial charge in [-0.3, -0.25) is 35.2 Å². The summed E-state index contributed by atoms with van der Waals surface area (Å²) in [6, 6.07) is 8.72. The fraction of sp³-hybridized carbons (Fsp3) is 0.524. The molecule has 1 aliphatic rings. The fourth-order valence-corrected chi connectivity index (χ4v) is 3.51. The maximum atomic E-state index is 12.6. The van der Waals surface area contributed by atoms with Crippen molar-refractivity contribution in [2.45, 2.75) is 58.0 Å². The standard InChI is InChI=1S/C21H30N4O5/c1-2-3-5-10-17(14-24(30)15-26)20(28)22-23-21(29)18-11-12-19(27)25(18)13-16-8-6-4-7-9-16/h4,6-9,15,17-18,30H,2-3,5,10-14H2,1H3,(H,22,28)(H,23,29)/t17-,18-/m1/s1. The number of nitrogens with zero attached hydrogens (tertiary/aromatic N) is 2. The van der Waals surface area contributed by atoms with Gasteiger partial charge in [0, 0.05) is 13.0 Å². The van der Waals surface area contributed by atoms with Gasteiger partial charge in [0.1, 0.15) is 6.04 Å². The molecule has 1 heterocycles. The Labute approximate surface area is 176 Å². The number of hydroxylamine groups is 2. The zero-order valence-corrected chi connectivity index (χ0v) is 17.3. The second-order valence-electron chi connectivity index (χ2n) is 7.46. The molecule has 0 bridgehead atoms. The molecule has 1 aromatic carbocycles. The van der Waals surface area contributed by atoms with Gasteiger partial charge in [-0.25, -0.2) is 5.06 Å². The summed E-state index contributed by atoms with van der Waals surface area (Å²) in [6.45, 7) is 2.20. The Hall–Kier alpha value is -2.94. The number of carbonyl (C=O) groups excluding carboxylic acids is 4. The third-order valence-corrected chi connectivity index (χ3v) is 5.19. The molecule has 1 aromatic rings. The molecule has 2 rings (SSSR count). The highest BCUT2D eigenvalue weighted by Gasteiger charge is 2.36. The molecule has 0 saturated carbocycles. The molecule has 9 nitrogen and oxygen atoms in total. The van der Waals surface area contributed by atoms with E-state index in [-0.39, 0.29) is 25.3 Å². The van der Waals surface area contributed by atoms with E-state index in [1.807, 2.05) is 37.3 Å². The molecule has 0 aromatic heterocycles. The SMILES string of the molecule is CCCCC[C@H](CN(O)C=O)C(=O)NNC(=O)[C@H]1CCC(=O)N1Cc1ccccc1. The lowest BCUT2D eigenvalue weighted by Gasteiger charge is -2.25. The summed E-state index contributed by atoms with van der Waals surface area (Å²) in [5, 5.41) is 9.87. The second kappa shape index (κ2) is 11.9. The maximum absolute atomic E-state index is 12.6. The van der Waals surface area contributed by atoms with Crippen molar-refractivity contribution in [2.75, 3.05) is 6.54 Å². The number of likely N-dealkylation sites (tertiary alicyclic amines) is 1. The van der Waals surface area contributed by atoms with Crippen molar-refractivity contribution < 1.29 is 24.4 Å². The number of hydrazine groups is 1. The van der Waals surface area contributed by atoms with Gasteiger partial charge in [0.05, 0.1) is 12.5 Å². The van der Waals surface area contributed by atoms with E-state index in [4.69, 9.17) is 0 Å². The van der Waals surface area contributed by atoms with Gasteiger partial charge in [0.25, 0.3) is 5.91 Å². The van der Waals surface area contributed by atoms with E-state index in [1.54, 1.807) is 0 Å². The molecule has 2 atom stereocenters. The number of rotatable bonds is 11. The number of hydrogen-bond donors (Lipinski definition) is 3. The average molecular weight is 418 g/mol. The minimum atomic E-state index is -0.666. The van der Waals surface area contributed by atoms with Gasteiger partial charge < -0.3 is 4.90 Å². The summed E-state index contributed by atoms with van der Waals surface area (Å²) in [4.78, 5) is 49.5. The van der Waals surface area contributed by atoms with Crippen LogP contribution in [0.25, 0.3) is 0 Å². The van der Waals surface area contributed by atoms with Gasteiger partial charge in [-0.2, -0.15) is 0 Å². The molecule has 1 aliphatic heterocycles. The van der Waals surface area contributed by atoms with Crippen LogP contribution >= 0.6 is 0 Å². The van der Waals surface area contributed by atoms with Gasteiger partial charge in [0.2, 0.25) is 18.2 Å². The van der Waals surface area contributed by atoms with Gasteiger partial charge in [-0.1, -0.05) is 56.5 Å². The molecule has 0 unspecified atom stereocenters. The lowest BCUT2D eigenvalue weighted by atomic mass is 10.0. The Balaban J connectivity index is 1.93. The van der Waals surface area contributed by atoms with Crippen LogP contribution in [0.4, 0.5) is 0 Å². The average Bonchev–Trinajstić information content (AvgIpc) is 3.12. The minimum Gasteiger partial charge on any atom is -0.326 e. The highest BCUT2D eigenvalue weighted by atomic mass is 16.5. The van der Waals surface area contributed by atoms with Crippen molar-refractivity contribution in [1.82, 2.24) is 20.8 Å². The highest BCUT2D eigenvalue weighted by Crippen LogP contribution is 2.21. The van der Waals surface area contributed by atoms with E-state index >= 15 is 0 Å². The van der Waals surface area contributed by atoms with Crippen molar-refractivity contribution >= 4 is 24.1 Å². The summed E-state index contributed by atoms with van der Waals surface area (Å²) in [7, 11) is 0. The Morgan fingerprint density at radius 3 is 2.67 bits per heavy atom. The smallest absolute Gasteiger partial charge is 0.261 e. The minimum absolute atomic E-state index is 0.107. The lowest BCUT2D eigenvalue weighted by Crippen LogP contribution is -2.52. The van der Waals surface area contributed by atoms with E-state index in [0.717, 1.165) is 24.8 Å². The molecule has 0 spiro atoms. The molecule has 9 heteroatoms. The fourth-order valence-electron chi connectivity index (χ4n) is 3.51. The summed E-state index contributed by atoms with van der Waals surface area (Å²) in [6.07, 6.45) is 4.01. The van der Waals surface area contributed by atoms with Crippen LogP contribution in [0.3, 0.4) is 0 Å². The summed E-state index contributed by atoms with van der Waals surface area (Å²) in [5.41, 5.74) is 5.71. The number of nitrogens with one attached hydrogen (secondary N) is 2. The molecule has 4 amide bonds. The molecule has 0 radical (unpaired) electrons. The summed E-state index contributed by atoms with van der Waals surface area (Å²) >= 11 is 0. The monoisotopic (exact) mass is 418 g/mol. The Morgan fingerprint density at radius 1 is 1.27 bits per heavy atom. The van der Waals surface area contributed by atoms with Gasteiger partial charge >= 0.3 is 0 Å². The van der Waals surface area contributed by atoms with E-state index in [9.17, 15) is 24.4 Å². The third kappa shape index (κ3) is 6.84. The van der Waals surface area contributed by atoms with Crippen molar-refractivity contribution in [3.63, 3.8) is 0 Å². The molecule has 1 saturated heterocycles. The predicted octanol–water partition coefficient (Wildman–Crippen LogP) is 1.37. The van der Waals surface area contributed by atoms with Crippen molar-refractivity contribution in [2.24, 2.45) is 5.92 Å². The highest BCUT2D eigenvalue weighted by molar-refractivity contribution is 5.92. The Kier molecular flexibility index (Phi) is 9.27. The third-order valence-electron chi connectivity index (χ3n) is 5.19. The number of hydrogen-bond acceptors (Lipinski definition) is 5. The number of benzene rings is 1. The van der Waals surface area contributed by atoms with Crippen LogP contribution in [0.15, 0.2) is 30.3 Å². The van der Waals surface area contributed by atoms with Crippen LogP contribution in [-0.4, -0.2) is 51.9 Å². The summed E-state index contributed by atoms with van der Waals surface area (Å²) < 4.78 is 0. The van der Waals surface area contributed by atoms with Crippen LogP contribution in [0.2, 0.25) is 0 Å². The first-order valence-electron chi connectivity index (χ1n) is 10.3. The van der Waals surface area contributed by atoms with E-state index in [0.29, 0.717) is 24.4 Å². The maximum Gasteiger partial charge on any atom is 0.261 e. The van der Waals surface area contributed by atoms with Crippen molar-refractivity contribution in [3.8, 4) is 0 Å². The van der Waals surface area contributed by atoms with Crippen molar-refractivity contribution in [3.05, 3.63) is 35.9 Å². The largest absolute Gasteiger partial charge is 0.326 e. The zero-order chi connectivity index (χ0) is 21.9. The van der Waals surface area contributed by atoms with Crippen LogP contribution in [0.5, 0.6) is 0 Å². The second-order valence-corrected chi connectivity index (χ2v) is 7.46. The number of amides is 4. The first-order valence-corrected chi connectivity index (χ1v) is 10.3. The van der Waals surface area contributed by atoms with E-state index < -0.39 is 23.8 Å². The molecular formula is C21H30N4O5. The van der Waals surface area contributed by atoms with Crippen LogP contribution in [-0.2, 0) is 25.7 Å². The van der Waals surface area contributed by atoms with Crippen molar-refractivity contribution in [1.29, 1.82) is 0 Å². The lowest BCUT2D eigenvalue weighted by molar-refractivity contribution is -0.155. The molecule has 0 aliphatic carbocycles. The molecule has 1 fully saturated rings. The molecule has 30 heavy (non-hydrogen) atoms. The quantitative estimate of drug-likeness (QED) is 0.217. The first kappa shape index (κ1) is 23.3. The molecule has 164 valence electrons. The zero-order valence-electron chi connectivity index (χ0n) is 17.3. The van der Waals surface area contributed by atoms with Crippen LogP contribution < -0.4 is 10.9 Å². The first-order chi connectivity index (χ1) is 14.5. The number of unbranched alkanes of at least 4 members (excludes halogenated alkanes) is 2. The number of carbonyl (C=O) groups is 4. The summed E-state index contributed by atoms with van der Waals surface area (Å²) in [5.74, 6) is -1.71. The molecular weight excluding hydrogens is 388 g/mol. The van der Waals surface area contributed by atoms with Gasteiger partial charge in [-0.05, 0) is 18.4 Å². The van der Waals surface area contributed by atoms with Crippen LogP contribution in [0, 0.1) is 5.92 Å².